The Hall–Kier alpha value is -3.64. The van der Waals surface area contributed by atoms with Gasteiger partial charge in [0.15, 0.2) is 10.9 Å². The lowest BCUT2D eigenvalue weighted by molar-refractivity contribution is 0.252. The number of anilines is 1. The molecule has 0 radical (unpaired) electrons. The Morgan fingerprint density at radius 2 is 1.76 bits per heavy atom. The molecule has 142 valence electrons. The van der Waals surface area contributed by atoms with Crippen LogP contribution in [0.2, 0.25) is 0 Å². The van der Waals surface area contributed by atoms with Gasteiger partial charge in [0.25, 0.3) is 0 Å². The van der Waals surface area contributed by atoms with Crippen LogP contribution in [0.15, 0.2) is 82.6 Å². The Morgan fingerprint density at radius 1 is 0.966 bits per heavy atom. The molecule has 0 aliphatic heterocycles. The number of amides is 2. The normalized spacial score (nSPS) is 11.0. The summed E-state index contributed by atoms with van der Waals surface area (Å²) in [5, 5.41) is 11.4. The highest BCUT2D eigenvalue weighted by molar-refractivity contribution is 7.14. The minimum Gasteiger partial charge on any atom is -0.454 e. The molecule has 2 N–H and O–H groups in total. The van der Waals surface area contributed by atoms with Crippen molar-refractivity contribution in [3.05, 3.63) is 83.7 Å². The number of rotatable bonds is 4. The summed E-state index contributed by atoms with van der Waals surface area (Å²) in [4.78, 5) is 16.8. The molecular weight excluding hydrogens is 382 g/mol. The standard InChI is InChI=1S/C23H17N3O2S/c27-22(24-13-17-9-5-8-15-6-1-3-10-18(15)17)26-23-25-19(14-29-23)21-12-16-7-2-4-11-20(16)28-21/h1-12,14H,13H2,(H2,24,25,26,27). The van der Waals surface area contributed by atoms with Gasteiger partial charge < -0.3 is 9.73 Å². The topological polar surface area (TPSA) is 67.2 Å². The predicted octanol–water partition coefficient (Wildman–Crippen LogP) is 6.03. The van der Waals surface area contributed by atoms with Gasteiger partial charge >= 0.3 is 6.03 Å². The number of carbonyl (C=O) groups excluding carboxylic acids is 1. The smallest absolute Gasteiger partial charge is 0.321 e. The van der Waals surface area contributed by atoms with Crippen LogP contribution in [0.25, 0.3) is 33.2 Å². The molecule has 0 aliphatic carbocycles. The van der Waals surface area contributed by atoms with E-state index in [0.29, 0.717) is 23.1 Å². The van der Waals surface area contributed by atoms with Crippen molar-refractivity contribution in [2.75, 3.05) is 5.32 Å². The van der Waals surface area contributed by atoms with Crippen molar-refractivity contribution < 1.29 is 9.21 Å². The fourth-order valence-electron chi connectivity index (χ4n) is 3.32. The average Bonchev–Trinajstić information content (AvgIpc) is 3.39. The molecule has 2 heterocycles. The second-order valence-electron chi connectivity index (χ2n) is 6.63. The lowest BCUT2D eigenvalue weighted by Gasteiger charge is -2.08. The van der Waals surface area contributed by atoms with E-state index in [9.17, 15) is 4.79 Å². The number of nitrogens with zero attached hydrogens (tertiary/aromatic N) is 1. The fraction of sp³-hybridized carbons (Fsp3) is 0.0435. The number of thiazole rings is 1. The third-order valence-electron chi connectivity index (χ3n) is 4.72. The second kappa shape index (κ2) is 7.41. The SMILES string of the molecule is O=C(NCc1cccc2ccccc12)Nc1nc(-c2cc3ccccc3o2)cs1. The molecule has 5 nitrogen and oxygen atoms in total. The summed E-state index contributed by atoms with van der Waals surface area (Å²) in [5.74, 6) is 0.687. The van der Waals surface area contributed by atoms with Gasteiger partial charge in [-0.05, 0) is 28.5 Å². The van der Waals surface area contributed by atoms with Gasteiger partial charge in [0, 0.05) is 17.3 Å². The third-order valence-corrected chi connectivity index (χ3v) is 5.48. The molecule has 5 aromatic rings. The van der Waals surface area contributed by atoms with Crippen molar-refractivity contribution in [2.45, 2.75) is 6.54 Å². The molecule has 0 bridgehead atoms. The number of furan rings is 1. The number of fused-ring (bicyclic) bond motifs is 2. The number of aromatic nitrogens is 1. The summed E-state index contributed by atoms with van der Waals surface area (Å²) >= 11 is 1.36. The van der Waals surface area contributed by atoms with Crippen LogP contribution >= 0.6 is 11.3 Å². The third kappa shape index (κ3) is 3.58. The number of hydrogen-bond donors (Lipinski definition) is 2. The van der Waals surface area contributed by atoms with E-state index >= 15 is 0 Å². The summed E-state index contributed by atoms with van der Waals surface area (Å²) in [6, 6.07) is 23.7. The molecule has 2 aromatic heterocycles. The second-order valence-corrected chi connectivity index (χ2v) is 7.49. The molecule has 0 spiro atoms. The van der Waals surface area contributed by atoms with Gasteiger partial charge in [-0.25, -0.2) is 9.78 Å². The predicted molar refractivity (Wildman–Crippen MR) is 117 cm³/mol. The van der Waals surface area contributed by atoms with E-state index in [-0.39, 0.29) is 6.03 Å². The number of carbonyl (C=O) groups is 1. The van der Waals surface area contributed by atoms with E-state index in [1.54, 1.807) is 0 Å². The molecule has 3 aromatic carbocycles. The van der Waals surface area contributed by atoms with Crippen molar-refractivity contribution in [3.63, 3.8) is 0 Å². The van der Waals surface area contributed by atoms with Gasteiger partial charge in [-0.15, -0.1) is 11.3 Å². The van der Waals surface area contributed by atoms with E-state index in [1.165, 1.54) is 11.3 Å². The van der Waals surface area contributed by atoms with E-state index in [1.807, 2.05) is 60.0 Å². The van der Waals surface area contributed by atoms with Crippen molar-refractivity contribution in [1.29, 1.82) is 0 Å². The first-order valence-corrected chi connectivity index (χ1v) is 10.1. The van der Waals surface area contributed by atoms with Crippen LogP contribution in [0.5, 0.6) is 0 Å². The maximum atomic E-state index is 12.3. The lowest BCUT2D eigenvalue weighted by Crippen LogP contribution is -2.28. The molecule has 0 saturated carbocycles. The average molecular weight is 399 g/mol. The Labute approximate surface area is 171 Å². The number of benzene rings is 3. The maximum absolute atomic E-state index is 12.3. The van der Waals surface area contributed by atoms with Crippen LogP contribution in [-0.2, 0) is 6.54 Å². The van der Waals surface area contributed by atoms with E-state index in [2.05, 4.69) is 33.8 Å². The molecule has 0 atom stereocenters. The highest BCUT2D eigenvalue weighted by Gasteiger charge is 2.12. The molecule has 29 heavy (non-hydrogen) atoms. The summed E-state index contributed by atoms with van der Waals surface area (Å²) in [6.45, 7) is 0.439. The molecule has 0 unspecified atom stereocenters. The lowest BCUT2D eigenvalue weighted by atomic mass is 10.0. The number of hydrogen-bond acceptors (Lipinski definition) is 4. The quantitative estimate of drug-likeness (QED) is 0.388. The van der Waals surface area contributed by atoms with Gasteiger partial charge in [-0.2, -0.15) is 0 Å². The first-order chi connectivity index (χ1) is 14.3. The summed E-state index contributed by atoms with van der Waals surface area (Å²) in [7, 11) is 0. The largest absolute Gasteiger partial charge is 0.454 e. The van der Waals surface area contributed by atoms with Crippen LogP contribution in [0, 0.1) is 0 Å². The number of para-hydroxylation sites is 1. The van der Waals surface area contributed by atoms with E-state index in [4.69, 9.17) is 4.42 Å². The Morgan fingerprint density at radius 3 is 2.66 bits per heavy atom. The van der Waals surface area contributed by atoms with Crippen molar-refractivity contribution in [2.24, 2.45) is 0 Å². The minimum atomic E-state index is -0.288. The molecule has 5 rings (SSSR count). The van der Waals surface area contributed by atoms with Gasteiger partial charge in [0.2, 0.25) is 0 Å². The van der Waals surface area contributed by atoms with Crippen LogP contribution in [-0.4, -0.2) is 11.0 Å². The maximum Gasteiger partial charge on any atom is 0.321 e. The van der Waals surface area contributed by atoms with Gasteiger partial charge in [-0.1, -0.05) is 60.7 Å². The minimum absolute atomic E-state index is 0.288. The van der Waals surface area contributed by atoms with Crippen LogP contribution in [0.4, 0.5) is 9.93 Å². The summed E-state index contributed by atoms with van der Waals surface area (Å²) < 4.78 is 5.83. The highest BCUT2D eigenvalue weighted by atomic mass is 32.1. The number of nitrogens with one attached hydrogen (secondary N) is 2. The van der Waals surface area contributed by atoms with Crippen LogP contribution < -0.4 is 10.6 Å². The Balaban J connectivity index is 1.26. The highest BCUT2D eigenvalue weighted by Crippen LogP contribution is 2.30. The van der Waals surface area contributed by atoms with Gasteiger partial charge in [0.1, 0.15) is 11.3 Å². The van der Waals surface area contributed by atoms with Crippen molar-refractivity contribution in [1.82, 2.24) is 10.3 Å². The monoisotopic (exact) mass is 399 g/mol. The summed E-state index contributed by atoms with van der Waals surface area (Å²) in [6.07, 6.45) is 0. The van der Waals surface area contributed by atoms with Crippen LogP contribution in [0.1, 0.15) is 5.56 Å². The zero-order valence-electron chi connectivity index (χ0n) is 15.4. The van der Waals surface area contributed by atoms with Gasteiger partial charge in [-0.3, -0.25) is 5.32 Å². The number of urea groups is 1. The molecule has 0 saturated heterocycles. The van der Waals surface area contributed by atoms with Crippen LogP contribution in [0.3, 0.4) is 0 Å². The van der Waals surface area contributed by atoms with E-state index in [0.717, 1.165) is 27.3 Å². The molecule has 6 heteroatoms. The Kier molecular flexibility index (Phi) is 4.46. The first kappa shape index (κ1) is 17.5. The molecule has 0 aliphatic rings. The Bertz CT molecular complexity index is 1280. The van der Waals surface area contributed by atoms with Crippen molar-refractivity contribution >= 4 is 44.2 Å². The molecule has 0 fully saturated rings. The zero-order chi connectivity index (χ0) is 19.6. The van der Waals surface area contributed by atoms with Crippen molar-refractivity contribution in [3.8, 4) is 11.5 Å². The molecular formula is C23H17N3O2S. The zero-order valence-corrected chi connectivity index (χ0v) is 16.2. The van der Waals surface area contributed by atoms with E-state index < -0.39 is 0 Å². The summed E-state index contributed by atoms with van der Waals surface area (Å²) in [5.41, 5.74) is 2.59. The first-order valence-electron chi connectivity index (χ1n) is 9.22. The fourth-order valence-corrected chi connectivity index (χ4v) is 4.01. The van der Waals surface area contributed by atoms with Gasteiger partial charge in [0.05, 0.1) is 0 Å². The molecule has 2 amide bonds.